The summed E-state index contributed by atoms with van der Waals surface area (Å²) < 4.78 is 0. The summed E-state index contributed by atoms with van der Waals surface area (Å²) in [4.78, 5) is 12.2. The van der Waals surface area contributed by atoms with E-state index in [2.05, 4.69) is 21.6 Å². The molecule has 1 aromatic heterocycles. The molecule has 0 radical (unpaired) electrons. The molecular weight excluding hydrogens is 359 g/mol. The van der Waals surface area contributed by atoms with Crippen LogP contribution in [-0.2, 0) is 5.41 Å². The Kier molecular flexibility index (Phi) is 6.76. The maximum Gasteiger partial charge on any atom is 0.272 e. The van der Waals surface area contributed by atoms with Crippen LogP contribution in [0.15, 0.2) is 42.6 Å². The highest BCUT2D eigenvalue weighted by atomic mass is 35.5. The van der Waals surface area contributed by atoms with Gasteiger partial charge in [-0.25, -0.2) is 0 Å². The molecule has 25 heavy (non-hydrogen) atoms. The molecule has 1 aromatic carbocycles. The van der Waals surface area contributed by atoms with E-state index in [4.69, 9.17) is 17.3 Å². The first-order chi connectivity index (χ1) is 11.6. The van der Waals surface area contributed by atoms with Gasteiger partial charge in [0.2, 0.25) is 0 Å². The number of amides is 1. The van der Waals surface area contributed by atoms with E-state index in [1.807, 2.05) is 18.2 Å². The number of rotatable bonds is 4. The molecule has 1 amide bonds. The number of halogens is 2. The quantitative estimate of drug-likeness (QED) is 0.853. The molecule has 0 bridgehead atoms. The van der Waals surface area contributed by atoms with E-state index in [9.17, 15) is 4.79 Å². The van der Waals surface area contributed by atoms with Crippen LogP contribution in [0.2, 0.25) is 5.02 Å². The second kappa shape index (κ2) is 8.61. The van der Waals surface area contributed by atoms with Gasteiger partial charge >= 0.3 is 0 Å². The van der Waals surface area contributed by atoms with Crippen molar-refractivity contribution in [1.29, 1.82) is 0 Å². The van der Waals surface area contributed by atoms with Gasteiger partial charge in [0.1, 0.15) is 0 Å². The van der Waals surface area contributed by atoms with Crippen molar-refractivity contribution < 1.29 is 4.79 Å². The number of nitrogens with zero attached hydrogens (tertiary/aromatic N) is 2. The zero-order valence-corrected chi connectivity index (χ0v) is 15.4. The van der Waals surface area contributed by atoms with Gasteiger partial charge in [-0.2, -0.15) is 5.10 Å². The molecule has 0 saturated heterocycles. The fraction of sp³-hybridized carbons (Fsp3) is 0.389. The molecule has 0 aliphatic heterocycles. The molecule has 1 aliphatic carbocycles. The smallest absolute Gasteiger partial charge is 0.272 e. The molecule has 0 spiro atoms. The monoisotopic (exact) mass is 380 g/mol. The molecule has 3 rings (SSSR count). The minimum absolute atomic E-state index is 0. The number of carbonyl (C=O) groups is 1. The van der Waals surface area contributed by atoms with Gasteiger partial charge in [-0.05, 0) is 55.5 Å². The SMILES string of the molecule is Cl.NCC1(c2cccc(Cl)c2)CCC(NC(=O)c2cccnn2)CC1. The molecule has 5 nitrogen and oxygen atoms in total. The van der Waals surface area contributed by atoms with Gasteiger partial charge in [0.05, 0.1) is 0 Å². The largest absolute Gasteiger partial charge is 0.348 e. The zero-order chi connectivity index (χ0) is 17.0. The molecule has 1 heterocycles. The Morgan fingerprint density at radius 1 is 1.28 bits per heavy atom. The van der Waals surface area contributed by atoms with E-state index in [1.165, 1.54) is 5.56 Å². The summed E-state index contributed by atoms with van der Waals surface area (Å²) in [5.41, 5.74) is 7.59. The third-order valence-corrected chi connectivity index (χ3v) is 5.15. The van der Waals surface area contributed by atoms with E-state index in [1.54, 1.807) is 18.3 Å². The highest BCUT2D eigenvalue weighted by Crippen LogP contribution is 2.39. The average molecular weight is 381 g/mol. The van der Waals surface area contributed by atoms with Crippen molar-refractivity contribution in [3.8, 4) is 0 Å². The second-order valence-electron chi connectivity index (χ2n) is 6.35. The van der Waals surface area contributed by atoms with Crippen LogP contribution >= 0.6 is 24.0 Å². The average Bonchev–Trinajstić information content (AvgIpc) is 2.63. The number of nitrogens with one attached hydrogen (secondary N) is 1. The maximum atomic E-state index is 12.2. The zero-order valence-electron chi connectivity index (χ0n) is 13.8. The third-order valence-electron chi connectivity index (χ3n) is 4.91. The minimum Gasteiger partial charge on any atom is -0.348 e. The van der Waals surface area contributed by atoms with Gasteiger partial charge in [0, 0.05) is 29.2 Å². The van der Waals surface area contributed by atoms with Gasteiger partial charge in [-0.15, -0.1) is 17.5 Å². The third kappa shape index (κ3) is 4.48. The Morgan fingerprint density at radius 3 is 2.64 bits per heavy atom. The number of hydrogen-bond donors (Lipinski definition) is 2. The molecule has 0 unspecified atom stereocenters. The van der Waals surface area contributed by atoms with Crippen LogP contribution in [0, 0.1) is 0 Å². The lowest BCUT2D eigenvalue weighted by molar-refractivity contribution is 0.0912. The Balaban J connectivity index is 0.00000225. The number of nitrogens with two attached hydrogens (primary N) is 1. The predicted molar refractivity (Wildman–Crippen MR) is 101 cm³/mol. The normalized spacial score (nSPS) is 22.7. The summed E-state index contributed by atoms with van der Waals surface area (Å²) in [6.45, 7) is 0.582. The highest BCUT2D eigenvalue weighted by molar-refractivity contribution is 6.30. The van der Waals surface area contributed by atoms with Crippen molar-refractivity contribution in [2.24, 2.45) is 5.73 Å². The first-order valence-electron chi connectivity index (χ1n) is 8.18. The molecule has 7 heteroatoms. The van der Waals surface area contributed by atoms with Crippen LogP contribution in [0.25, 0.3) is 0 Å². The molecule has 1 fully saturated rings. The van der Waals surface area contributed by atoms with Crippen molar-refractivity contribution in [3.63, 3.8) is 0 Å². The van der Waals surface area contributed by atoms with Crippen LogP contribution in [-0.4, -0.2) is 28.7 Å². The van der Waals surface area contributed by atoms with Gasteiger partial charge in [0.15, 0.2) is 5.69 Å². The van der Waals surface area contributed by atoms with Crippen LogP contribution in [0.4, 0.5) is 0 Å². The highest BCUT2D eigenvalue weighted by Gasteiger charge is 2.36. The number of hydrogen-bond acceptors (Lipinski definition) is 4. The summed E-state index contributed by atoms with van der Waals surface area (Å²) >= 11 is 6.14. The van der Waals surface area contributed by atoms with Gasteiger partial charge in [-0.1, -0.05) is 23.7 Å². The number of aromatic nitrogens is 2. The number of carbonyl (C=O) groups excluding carboxylic acids is 1. The first kappa shape index (κ1) is 19.6. The lowest BCUT2D eigenvalue weighted by atomic mass is 9.68. The minimum atomic E-state index is -0.170. The Hall–Kier alpha value is -1.69. The maximum absolute atomic E-state index is 12.2. The lowest BCUT2D eigenvalue weighted by Gasteiger charge is -2.40. The Morgan fingerprint density at radius 2 is 2.04 bits per heavy atom. The molecule has 0 atom stereocenters. The summed E-state index contributed by atoms with van der Waals surface area (Å²) in [5, 5.41) is 11.4. The second-order valence-corrected chi connectivity index (χ2v) is 6.79. The van der Waals surface area contributed by atoms with E-state index in [-0.39, 0.29) is 29.8 Å². The van der Waals surface area contributed by atoms with Crippen LogP contribution in [0.1, 0.15) is 41.7 Å². The van der Waals surface area contributed by atoms with E-state index in [0.717, 1.165) is 30.7 Å². The lowest BCUT2D eigenvalue weighted by Crippen LogP contribution is -2.45. The van der Waals surface area contributed by atoms with Crippen molar-refractivity contribution in [1.82, 2.24) is 15.5 Å². The van der Waals surface area contributed by atoms with Crippen LogP contribution in [0.3, 0.4) is 0 Å². The van der Waals surface area contributed by atoms with Gasteiger partial charge in [-0.3, -0.25) is 4.79 Å². The summed E-state index contributed by atoms with van der Waals surface area (Å²) in [6.07, 6.45) is 5.17. The summed E-state index contributed by atoms with van der Waals surface area (Å²) in [7, 11) is 0. The van der Waals surface area contributed by atoms with Gasteiger partial charge in [0.25, 0.3) is 5.91 Å². The predicted octanol–water partition coefficient (Wildman–Crippen LogP) is 3.12. The Bertz CT molecular complexity index is 703. The van der Waals surface area contributed by atoms with E-state index < -0.39 is 0 Å². The first-order valence-corrected chi connectivity index (χ1v) is 8.55. The molecule has 1 aliphatic rings. The fourth-order valence-corrected chi connectivity index (χ4v) is 3.62. The Labute approximate surface area is 158 Å². The van der Waals surface area contributed by atoms with Crippen molar-refractivity contribution >= 4 is 29.9 Å². The van der Waals surface area contributed by atoms with Crippen molar-refractivity contribution in [2.75, 3.05) is 6.54 Å². The molecular formula is C18H22Cl2N4O. The van der Waals surface area contributed by atoms with Crippen LogP contribution < -0.4 is 11.1 Å². The van der Waals surface area contributed by atoms with Crippen molar-refractivity contribution in [3.05, 3.63) is 58.9 Å². The number of benzene rings is 1. The fourth-order valence-electron chi connectivity index (χ4n) is 3.43. The summed E-state index contributed by atoms with van der Waals surface area (Å²) in [5.74, 6) is -0.170. The molecule has 134 valence electrons. The van der Waals surface area contributed by atoms with Crippen LogP contribution in [0.5, 0.6) is 0 Å². The van der Waals surface area contributed by atoms with E-state index >= 15 is 0 Å². The topological polar surface area (TPSA) is 80.9 Å². The molecule has 1 saturated carbocycles. The van der Waals surface area contributed by atoms with Gasteiger partial charge < -0.3 is 11.1 Å². The standard InChI is InChI=1S/C18H21ClN4O.ClH/c19-14-4-1-3-13(11-14)18(12-20)8-6-15(7-9-18)22-17(24)16-5-2-10-21-23-16;/h1-5,10-11,15H,6-9,12,20H2,(H,22,24);1H. The summed E-state index contributed by atoms with van der Waals surface area (Å²) in [6, 6.07) is 11.5. The van der Waals surface area contributed by atoms with E-state index in [0.29, 0.717) is 12.2 Å². The molecule has 2 aromatic rings. The van der Waals surface area contributed by atoms with Crippen molar-refractivity contribution in [2.45, 2.75) is 37.1 Å². The molecule has 3 N–H and O–H groups in total.